The van der Waals surface area contributed by atoms with Gasteiger partial charge in [0.25, 0.3) is 0 Å². The van der Waals surface area contributed by atoms with Crippen molar-refractivity contribution in [2.75, 3.05) is 48.8 Å². The number of nitrogens with one attached hydrogen (secondary N) is 2. The van der Waals surface area contributed by atoms with E-state index in [1.807, 2.05) is 12.1 Å². The molecule has 0 bridgehead atoms. The molecule has 2 aliphatic rings. The van der Waals surface area contributed by atoms with Crippen LogP contribution in [0.4, 0.5) is 29.0 Å². The Morgan fingerprint density at radius 2 is 1.54 bits per heavy atom. The molecule has 2 aromatic heterocycles. The first kappa shape index (κ1) is 24.3. The Kier molecular flexibility index (Phi) is 6.80. The van der Waals surface area contributed by atoms with Crippen molar-refractivity contribution in [2.24, 2.45) is 0 Å². The number of piperazine rings is 1. The molecule has 8 nitrogen and oxygen atoms in total. The SMILES string of the molecule is CN1CCN(c2ccc(Nc3ncc4nc(Nc5cc(Cl)cc(Cl)c5)n(C5CCCC5)c4n3)cc2)CC1. The molecule has 1 aliphatic heterocycles. The zero-order valence-electron chi connectivity index (χ0n) is 20.8. The number of hydrogen-bond acceptors (Lipinski definition) is 7. The average Bonchev–Trinajstić information content (AvgIpc) is 3.52. The minimum Gasteiger partial charge on any atom is -0.369 e. The fourth-order valence-corrected chi connectivity index (χ4v) is 5.78. The molecule has 4 aromatic rings. The quantitative estimate of drug-likeness (QED) is 0.291. The number of nitrogens with zero attached hydrogens (tertiary/aromatic N) is 6. The molecule has 0 radical (unpaired) electrons. The molecule has 192 valence electrons. The van der Waals surface area contributed by atoms with E-state index in [0.717, 1.165) is 67.5 Å². The van der Waals surface area contributed by atoms with E-state index in [2.05, 4.69) is 61.3 Å². The lowest BCUT2D eigenvalue weighted by atomic mass is 10.2. The van der Waals surface area contributed by atoms with Crippen LogP contribution in [-0.4, -0.2) is 57.6 Å². The maximum absolute atomic E-state index is 6.23. The second kappa shape index (κ2) is 10.4. The predicted octanol–water partition coefficient (Wildman–Crippen LogP) is 6.49. The molecule has 10 heteroatoms. The summed E-state index contributed by atoms with van der Waals surface area (Å²) in [6.07, 6.45) is 6.37. The van der Waals surface area contributed by atoms with Crippen LogP contribution in [0.25, 0.3) is 11.2 Å². The fraction of sp³-hybridized carbons (Fsp3) is 0.370. The summed E-state index contributed by atoms with van der Waals surface area (Å²) >= 11 is 12.5. The van der Waals surface area contributed by atoms with Crippen molar-refractivity contribution in [1.82, 2.24) is 24.4 Å². The summed E-state index contributed by atoms with van der Waals surface area (Å²) in [7, 11) is 2.17. The van der Waals surface area contributed by atoms with E-state index in [1.54, 1.807) is 12.3 Å². The summed E-state index contributed by atoms with van der Waals surface area (Å²) in [6, 6.07) is 14.2. The molecule has 0 amide bonds. The molecular formula is C27H30Cl2N8. The number of likely N-dealkylation sites (N-methyl/N-ethyl adjacent to an activating group) is 1. The second-order valence-corrected chi connectivity index (χ2v) is 10.8. The van der Waals surface area contributed by atoms with Gasteiger partial charge in [-0.1, -0.05) is 36.0 Å². The molecular weight excluding hydrogens is 507 g/mol. The van der Waals surface area contributed by atoms with Gasteiger partial charge in [0.1, 0.15) is 5.52 Å². The monoisotopic (exact) mass is 536 g/mol. The molecule has 0 atom stereocenters. The third-order valence-electron chi connectivity index (χ3n) is 7.23. The van der Waals surface area contributed by atoms with Gasteiger partial charge in [-0.3, -0.25) is 4.57 Å². The predicted molar refractivity (Wildman–Crippen MR) is 152 cm³/mol. The summed E-state index contributed by atoms with van der Waals surface area (Å²) in [6.45, 7) is 4.27. The van der Waals surface area contributed by atoms with Gasteiger partial charge < -0.3 is 20.4 Å². The van der Waals surface area contributed by atoms with Crippen molar-refractivity contribution < 1.29 is 0 Å². The van der Waals surface area contributed by atoms with Gasteiger partial charge in [0.05, 0.1) is 6.20 Å². The number of benzene rings is 2. The lowest BCUT2D eigenvalue weighted by molar-refractivity contribution is 0.313. The zero-order valence-corrected chi connectivity index (χ0v) is 22.3. The number of rotatable bonds is 6. The minimum absolute atomic E-state index is 0.327. The zero-order chi connectivity index (χ0) is 25.4. The van der Waals surface area contributed by atoms with Crippen LogP contribution < -0.4 is 15.5 Å². The Labute approximate surface area is 226 Å². The smallest absolute Gasteiger partial charge is 0.229 e. The van der Waals surface area contributed by atoms with Crippen LogP contribution in [0.3, 0.4) is 0 Å². The summed E-state index contributed by atoms with van der Waals surface area (Å²) in [5.41, 5.74) is 4.55. The van der Waals surface area contributed by atoms with E-state index in [-0.39, 0.29) is 0 Å². The lowest BCUT2D eigenvalue weighted by Crippen LogP contribution is -2.44. The Bertz CT molecular complexity index is 1370. The summed E-state index contributed by atoms with van der Waals surface area (Å²) in [5.74, 6) is 1.28. The van der Waals surface area contributed by atoms with Crippen molar-refractivity contribution in [2.45, 2.75) is 31.7 Å². The largest absolute Gasteiger partial charge is 0.369 e. The van der Waals surface area contributed by atoms with Crippen molar-refractivity contribution in [3.05, 3.63) is 58.7 Å². The van der Waals surface area contributed by atoms with E-state index in [0.29, 0.717) is 22.0 Å². The molecule has 2 aromatic carbocycles. The first-order valence-electron chi connectivity index (χ1n) is 12.8. The maximum Gasteiger partial charge on any atom is 0.229 e. The molecule has 1 aliphatic carbocycles. The number of imidazole rings is 1. The number of anilines is 5. The molecule has 0 unspecified atom stereocenters. The minimum atomic E-state index is 0.327. The van der Waals surface area contributed by atoms with Crippen LogP contribution >= 0.6 is 23.2 Å². The highest BCUT2D eigenvalue weighted by atomic mass is 35.5. The third kappa shape index (κ3) is 5.32. The van der Waals surface area contributed by atoms with Crippen LogP contribution in [0.5, 0.6) is 0 Å². The van der Waals surface area contributed by atoms with Crippen molar-refractivity contribution in [1.29, 1.82) is 0 Å². The Morgan fingerprint density at radius 3 is 2.24 bits per heavy atom. The molecule has 0 spiro atoms. The van der Waals surface area contributed by atoms with Crippen LogP contribution in [0, 0.1) is 0 Å². The fourth-order valence-electron chi connectivity index (χ4n) is 5.25. The van der Waals surface area contributed by atoms with E-state index in [1.165, 1.54) is 18.5 Å². The van der Waals surface area contributed by atoms with Crippen LogP contribution in [0.1, 0.15) is 31.7 Å². The van der Waals surface area contributed by atoms with E-state index < -0.39 is 0 Å². The molecule has 2 fully saturated rings. The molecule has 6 rings (SSSR count). The van der Waals surface area contributed by atoms with Gasteiger partial charge in [0, 0.05) is 59.3 Å². The third-order valence-corrected chi connectivity index (χ3v) is 7.67. The van der Waals surface area contributed by atoms with Crippen molar-refractivity contribution in [3.63, 3.8) is 0 Å². The van der Waals surface area contributed by atoms with Gasteiger partial charge in [-0.2, -0.15) is 4.98 Å². The first-order chi connectivity index (χ1) is 18.0. The molecule has 3 heterocycles. The summed E-state index contributed by atoms with van der Waals surface area (Å²) in [4.78, 5) is 19.1. The Hall–Kier alpha value is -3.07. The van der Waals surface area contributed by atoms with Crippen molar-refractivity contribution in [3.8, 4) is 0 Å². The highest BCUT2D eigenvalue weighted by Crippen LogP contribution is 2.36. The standard InChI is InChI=1S/C27H30Cl2N8/c1-35-10-12-36(13-11-35)22-8-6-20(7-9-22)31-26-30-17-24-25(34-26)37(23-4-2-3-5-23)27(33-24)32-21-15-18(28)14-19(29)16-21/h6-9,14-17,23H,2-5,10-13H2,1H3,(H,32,33)(H,30,31,34). The lowest BCUT2D eigenvalue weighted by Gasteiger charge is -2.34. The van der Waals surface area contributed by atoms with Crippen LogP contribution in [-0.2, 0) is 0 Å². The van der Waals surface area contributed by atoms with Gasteiger partial charge in [0.15, 0.2) is 5.65 Å². The molecule has 2 N–H and O–H groups in total. The molecule has 1 saturated carbocycles. The molecule has 37 heavy (non-hydrogen) atoms. The van der Waals surface area contributed by atoms with E-state index in [9.17, 15) is 0 Å². The van der Waals surface area contributed by atoms with Gasteiger partial charge in [-0.05, 0) is 62.4 Å². The van der Waals surface area contributed by atoms with Gasteiger partial charge in [0.2, 0.25) is 11.9 Å². The van der Waals surface area contributed by atoms with Gasteiger partial charge in [-0.15, -0.1) is 0 Å². The second-order valence-electron chi connectivity index (χ2n) is 9.89. The molecule has 1 saturated heterocycles. The highest BCUT2D eigenvalue weighted by molar-refractivity contribution is 6.35. The van der Waals surface area contributed by atoms with Crippen LogP contribution in [0.15, 0.2) is 48.7 Å². The number of aromatic nitrogens is 4. The topological polar surface area (TPSA) is 74.1 Å². The Morgan fingerprint density at radius 1 is 0.838 bits per heavy atom. The number of halogens is 2. The average molecular weight is 537 g/mol. The van der Waals surface area contributed by atoms with Gasteiger partial charge >= 0.3 is 0 Å². The first-order valence-corrected chi connectivity index (χ1v) is 13.6. The van der Waals surface area contributed by atoms with Gasteiger partial charge in [-0.25, -0.2) is 9.97 Å². The maximum atomic E-state index is 6.23. The van der Waals surface area contributed by atoms with E-state index >= 15 is 0 Å². The van der Waals surface area contributed by atoms with Crippen LogP contribution in [0.2, 0.25) is 10.0 Å². The summed E-state index contributed by atoms with van der Waals surface area (Å²) < 4.78 is 2.21. The normalized spacial score (nSPS) is 17.0. The van der Waals surface area contributed by atoms with E-state index in [4.69, 9.17) is 33.2 Å². The summed E-state index contributed by atoms with van der Waals surface area (Å²) in [5, 5.41) is 7.94. The highest BCUT2D eigenvalue weighted by Gasteiger charge is 2.24. The number of fused-ring (bicyclic) bond motifs is 1. The Balaban J connectivity index is 1.27. The van der Waals surface area contributed by atoms with Crippen molar-refractivity contribution >= 4 is 63.3 Å². The number of hydrogen-bond donors (Lipinski definition) is 2.